The Morgan fingerprint density at radius 2 is 1.71 bits per heavy atom. The van der Waals surface area contributed by atoms with Crippen molar-refractivity contribution in [3.05, 3.63) is 74.5 Å². The van der Waals surface area contributed by atoms with Gasteiger partial charge < -0.3 is 24.3 Å². The molecule has 8 heteroatoms. The number of halogens is 1. The largest absolute Gasteiger partial charge is 0.497 e. The number of benzene rings is 2. The third-order valence-electron chi connectivity index (χ3n) is 7.33. The molecule has 2 aromatic carbocycles. The van der Waals surface area contributed by atoms with Crippen LogP contribution in [0.1, 0.15) is 63.0 Å². The van der Waals surface area contributed by atoms with Gasteiger partial charge in [-0.05, 0) is 68.0 Å². The molecule has 0 saturated carbocycles. The van der Waals surface area contributed by atoms with Gasteiger partial charge >= 0.3 is 5.97 Å². The van der Waals surface area contributed by atoms with Crippen molar-refractivity contribution >= 4 is 27.7 Å². The predicted octanol–water partition coefficient (Wildman–Crippen LogP) is 6.18. The van der Waals surface area contributed by atoms with Crippen LogP contribution in [0.2, 0.25) is 0 Å². The normalized spacial score (nSPS) is 19.9. The number of esters is 1. The molecule has 0 saturated heterocycles. The summed E-state index contributed by atoms with van der Waals surface area (Å²) in [4.78, 5) is 27.4. The number of hydrogen-bond donors (Lipinski definition) is 1. The summed E-state index contributed by atoms with van der Waals surface area (Å²) in [5, 5.41) is 3.41. The number of rotatable bonds is 8. The summed E-state index contributed by atoms with van der Waals surface area (Å²) in [6, 6.07) is 11.5. The molecule has 7 nitrogen and oxygen atoms in total. The third kappa shape index (κ3) is 5.32. The molecule has 0 fully saturated rings. The van der Waals surface area contributed by atoms with E-state index in [1.54, 1.807) is 27.4 Å². The number of carbonyl (C=O) groups is 2. The minimum Gasteiger partial charge on any atom is -0.497 e. The van der Waals surface area contributed by atoms with E-state index < -0.39 is 11.9 Å². The molecule has 4 rings (SSSR count). The van der Waals surface area contributed by atoms with Gasteiger partial charge in [0, 0.05) is 33.8 Å². The van der Waals surface area contributed by atoms with E-state index in [0.29, 0.717) is 52.1 Å². The average Bonchev–Trinajstić information content (AvgIpc) is 2.91. The minimum absolute atomic E-state index is 0.00686. The van der Waals surface area contributed by atoms with Crippen LogP contribution in [-0.2, 0) is 14.3 Å². The second-order valence-corrected chi connectivity index (χ2v) is 10.5. The van der Waals surface area contributed by atoms with E-state index in [0.717, 1.165) is 22.6 Å². The Morgan fingerprint density at radius 3 is 2.32 bits per heavy atom. The number of nitrogens with one attached hydrogen (secondary N) is 1. The van der Waals surface area contributed by atoms with Crippen LogP contribution in [0, 0.1) is 0 Å². The van der Waals surface area contributed by atoms with Gasteiger partial charge in [-0.3, -0.25) is 4.79 Å². The van der Waals surface area contributed by atoms with Gasteiger partial charge in [0.25, 0.3) is 0 Å². The van der Waals surface area contributed by atoms with Gasteiger partial charge in [0.15, 0.2) is 17.3 Å². The lowest BCUT2D eigenvalue weighted by Gasteiger charge is -2.37. The molecular weight excluding hydrogens is 550 g/mol. The lowest BCUT2D eigenvalue weighted by Crippen LogP contribution is -2.36. The standard InChI is InChI=1S/C30H34BrNO6/c1-7-16(2)38-30(34)27-17(3)32-23-12-19(18-8-10-20(35-4)11-9-18)13-24(33)29(23)28(27)21-14-25(36-5)26(37-6)15-22(21)31/h8-11,14-16,19,28,32H,7,12-13H2,1-6H3/t16-,19+,28-/m1/s1. The van der Waals surface area contributed by atoms with Crippen LogP contribution in [-0.4, -0.2) is 39.2 Å². The Kier molecular flexibility index (Phi) is 8.51. The molecule has 0 amide bonds. The Hall–Kier alpha value is -3.26. The third-order valence-corrected chi connectivity index (χ3v) is 8.02. The fourth-order valence-electron chi connectivity index (χ4n) is 5.15. The smallest absolute Gasteiger partial charge is 0.337 e. The molecular formula is C30H34BrNO6. The van der Waals surface area contributed by atoms with Crippen molar-refractivity contribution in [2.45, 2.75) is 58.0 Å². The Balaban J connectivity index is 1.84. The number of Topliss-reactive ketones (excluding diaryl/α,β-unsaturated/α-hetero) is 1. The highest BCUT2D eigenvalue weighted by Gasteiger charge is 2.42. The number of ether oxygens (including phenoxy) is 4. The summed E-state index contributed by atoms with van der Waals surface area (Å²) >= 11 is 3.67. The van der Waals surface area contributed by atoms with E-state index >= 15 is 0 Å². The SMILES string of the molecule is CC[C@@H](C)OC(=O)C1=C(C)NC2=C(C(=O)C[C@@H](c3ccc(OC)cc3)C2)[C@@H]1c1cc(OC)c(OC)cc1Br. The van der Waals surface area contributed by atoms with Crippen molar-refractivity contribution in [2.24, 2.45) is 0 Å². The number of carbonyl (C=O) groups excluding carboxylic acids is 2. The van der Waals surface area contributed by atoms with Crippen molar-refractivity contribution < 1.29 is 28.5 Å². The molecule has 0 unspecified atom stereocenters. The zero-order valence-corrected chi connectivity index (χ0v) is 24.2. The van der Waals surface area contributed by atoms with Crippen LogP contribution in [0.25, 0.3) is 0 Å². The lowest BCUT2D eigenvalue weighted by atomic mass is 9.71. The second kappa shape index (κ2) is 11.6. The van der Waals surface area contributed by atoms with Gasteiger partial charge in [-0.15, -0.1) is 0 Å². The Labute approximate surface area is 232 Å². The summed E-state index contributed by atoms with van der Waals surface area (Å²) < 4.78 is 22.8. The number of allylic oxidation sites excluding steroid dienone is 3. The molecule has 0 radical (unpaired) electrons. The van der Waals surface area contributed by atoms with Crippen molar-refractivity contribution in [1.29, 1.82) is 0 Å². The van der Waals surface area contributed by atoms with Crippen LogP contribution in [0.3, 0.4) is 0 Å². The Bertz CT molecular complexity index is 1300. The molecule has 0 spiro atoms. The van der Waals surface area contributed by atoms with Gasteiger partial charge in [-0.2, -0.15) is 0 Å². The molecule has 2 aromatic rings. The highest BCUT2D eigenvalue weighted by molar-refractivity contribution is 9.10. The number of ketones is 1. The average molecular weight is 585 g/mol. The molecule has 1 heterocycles. The first-order valence-electron chi connectivity index (χ1n) is 12.7. The van der Waals surface area contributed by atoms with Gasteiger partial charge in [0.1, 0.15) is 5.75 Å². The van der Waals surface area contributed by atoms with Gasteiger partial charge in [0.2, 0.25) is 0 Å². The molecule has 0 bridgehead atoms. The van der Waals surface area contributed by atoms with E-state index in [2.05, 4.69) is 21.2 Å². The summed E-state index contributed by atoms with van der Waals surface area (Å²) in [6.45, 7) is 5.69. The first-order valence-corrected chi connectivity index (χ1v) is 13.5. The van der Waals surface area contributed by atoms with Crippen LogP contribution in [0.4, 0.5) is 0 Å². The van der Waals surface area contributed by atoms with Crippen LogP contribution in [0.5, 0.6) is 17.2 Å². The fourth-order valence-corrected chi connectivity index (χ4v) is 5.70. The molecule has 1 aliphatic carbocycles. The van der Waals surface area contributed by atoms with Crippen molar-refractivity contribution in [2.75, 3.05) is 21.3 Å². The maximum atomic E-state index is 13.9. The maximum absolute atomic E-state index is 13.9. The highest BCUT2D eigenvalue weighted by atomic mass is 79.9. The van der Waals surface area contributed by atoms with Crippen molar-refractivity contribution in [3.8, 4) is 17.2 Å². The molecule has 1 aliphatic heterocycles. The maximum Gasteiger partial charge on any atom is 0.337 e. The van der Waals surface area contributed by atoms with Crippen LogP contribution < -0.4 is 19.5 Å². The number of dihydropyridines is 1. The van der Waals surface area contributed by atoms with Crippen molar-refractivity contribution in [1.82, 2.24) is 5.32 Å². The van der Waals surface area contributed by atoms with Crippen LogP contribution in [0.15, 0.2) is 63.4 Å². The van der Waals surface area contributed by atoms with Gasteiger partial charge in [-0.25, -0.2) is 4.79 Å². The van der Waals surface area contributed by atoms with E-state index in [9.17, 15) is 9.59 Å². The van der Waals surface area contributed by atoms with E-state index in [-0.39, 0.29) is 17.8 Å². The predicted molar refractivity (Wildman–Crippen MR) is 149 cm³/mol. The molecule has 2 aliphatic rings. The minimum atomic E-state index is -0.624. The summed E-state index contributed by atoms with van der Waals surface area (Å²) in [5.74, 6) is 0.772. The molecule has 202 valence electrons. The first-order chi connectivity index (χ1) is 18.2. The van der Waals surface area contributed by atoms with Gasteiger partial charge in [-0.1, -0.05) is 35.0 Å². The molecule has 3 atom stereocenters. The number of methoxy groups -OCH3 is 3. The molecule has 1 N–H and O–H groups in total. The number of hydrogen-bond acceptors (Lipinski definition) is 7. The van der Waals surface area contributed by atoms with Crippen molar-refractivity contribution in [3.63, 3.8) is 0 Å². The van der Waals surface area contributed by atoms with E-state index in [1.807, 2.05) is 51.1 Å². The van der Waals surface area contributed by atoms with E-state index in [4.69, 9.17) is 18.9 Å². The summed E-state index contributed by atoms with van der Waals surface area (Å²) in [7, 11) is 4.76. The summed E-state index contributed by atoms with van der Waals surface area (Å²) in [5.41, 5.74) is 4.32. The highest BCUT2D eigenvalue weighted by Crippen LogP contribution is 2.49. The van der Waals surface area contributed by atoms with Crippen LogP contribution >= 0.6 is 15.9 Å². The molecule has 0 aromatic heterocycles. The lowest BCUT2D eigenvalue weighted by molar-refractivity contribution is -0.144. The zero-order valence-electron chi connectivity index (χ0n) is 22.6. The monoisotopic (exact) mass is 583 g/mol. The van der Waals surface area contributed by atoms with Gasteiger partial charge in [0.05, 0.1) is 33.0 Å². The quantitative estimate of drug-likeness (QED) is 0.371. The fraction of sp³-hybridized carbons (Fsp3) is 0.400. The van der Waals surface area contributed by atoms with E-state index in [1.165, 1.54) is 0 Å². The molecule has 38 heavy (non-hydrogen) atoms. The zero-order chi connectivity index (χ0) is 27.6. The topological polar surface area (TPSA) is 83.1 Å². The summed E-state index contributed by atoms with van der Waals surface area (Å²) in [6.07, 6.45) is 1.40. The Morgan fingerprint density at radius 1 is 1.05 bits per heavy atom. The first kappa shape index (κ1) is 27.8. The second-order valence-electron chi connectivity index (χ2n) is 9.64.